The van der Waals surface area contributed by atoms with Crippen molar-refractivity contribution in [3.8, 4) is 22.3 Å². The normalized spacial score (nSPS) is 14.1. The first kappa shape index (κ1) is 17.6. The maximum absolute atomic E-state index is 3.76. The number of hydrogen-bond donors (Lipinski definition) is 1. The number of benzene rings is 5. The molecule has 5 aromatic carbocycles. The Morgan fingerprint density at radius 1 is 0.500 bits per heavy atom. The second-order valence-corrected chi connectivity index (χ2v) is 8.53. The molecule has 0 atom stereocenters. The molecule has 1 radical (unpaired) electrons. The van der Waals surface area contributed by atoms with E-state index in [1.165, 1.54) is 55.9 Å². The first-order chi connectivity index (χ1) is 15.9. The molecule has 1 aliphatic carbocycles. The molecule has 0 saturated heterocycles. The lowest BCUT2D eigenvalue weighted by Crippen LogP contribution is -2.34. The Bertz CT molecular complexity index is 1450. The van der Waals surface area contributed by atoms with Crippen molar-refractivity contribution in [3.63, 3.8) is 0 Å². The molecule has 1 aliphatic heterocycles. The van der Waals surface area contributed by atoms with Crippen molar-refractivity contribution in [2.24, 2.45) is 0 Å². The van der Waals surface area contributed by atoms with Gasteiger partial charge in [0, 0.05) is 16.9 Å². The summed E-state index contributed by atoms with van der Waals surface area (Å²) in [5, 5.41) is 3.76. The van der Waals surface area contributed by atoms with E-state index in [4.69, 9.17) is 0 Å². The van der Waals surface area contributed by atoms with Gasteiger partial charge in [-0.1, -0.05) is 103 Å². The van der Waals surface area contributed by atoms with Crippen LogP contribution in [0.2, 0.25) is 0 Å². The van der Waals surface area contributed by atoms with Crippen molar-refractivity contribution in [3.05, 3.63) is 144 Å². The van der Waals surface area contributed by atoms with Gasteiger partial charge in [0.2, 0.25) is 0 Å². The number of fused-ring (bicyclic) bond motifs is 9. The van der Waals surface area contributed by atoms with E-state index >= 15 is 0 Å². The number of anilines is 2. The van der Waals surface area contributed by atoms with Gasteiger partial charge in [-0.25, -0.2) is 0 Å². The van der Waals surface area contributed by atoms with E-state index in [0.717, 1.165) is 0 Å². The first-order valence-corrected chi connectivity index (χ1v) is 11.0. The number of para-hydroxylation sites is 1. The molecule has 0 unspecified atom stereocenters. The van der Waals surface area contributed by atoms with Gasteiger partial charge in [0.1, 0.15) is 0 Å². The lowest BCUT2D eigenvalue weighted by atomic mass is 9.63. The molecule has 7 rings (SSSR count). The maximum Gasteiger partial charge on any atom is 0.0760 e. The zero-order chi connectivity index (χ0) is 21.1. The number of nitrogens with one attached hydrogen (secondary N) is 1. The monoisotopic (exact) mass is 406 g/mol. The summed E-state index contributed by atoms with van der Waals surface area (Å²) in [7, 11) is 0. The topological polar surface area (TPSA) is 12.0 Å². The molecular weight excluding hydrogens is 386 g/mol. The summed E-state index contributed by atoms with van der Waals surface area (Å²) in [6.45, 7) is 0. The molecule has 1 nitrogen and oxygen atoms in total. The molecule has 5 aromatic rings. The molecule has 149 valence electrons. The SMILES string of the molecule is [c]1ccc(-c2cccc3c2C2(c4ccccc4N3)c3ccccc3-c3ccccc32)cc1. The highest BCUT2D eigenvalue weighted by Gasteiger charge is 2.50. The van der Waals surface area contributed by atoms with E-state index in [2.05, 4.69) is 115 Å². The molecule has 1 spiro atoms. The van der Waals surface area contributed by atoms with E-state index in [1.54, 1.807) is 0 Å². The maximum atomic E-state index is 3.76. The molecule has 0 saturated carbocycles. The van der Waals surface area contributed by atoms with Gasteiger partial charge >= 0.3 is 0 Å². The Labute approximate surface area is 188 Å². The van der Waals surface area contributed by atoms with Crippen LogP contribution in [-0.2, 0) is 5.41 Å². The zero-order valence-electron chi connectivity index (χ0n) is 17.5. The average Bonchev–Trinajstić information content (AvgIpc) is 3.16. The van der Waals surface area contributed by atoms with Gasteiger partial charge in [-0.2, -0.15) is 0 Å². The quantitative estimate of drug-likeness (QED) is 0.296. The van der Waals surface area contributed by atoms with Gasteiger partial charge in [0.05, 0.1) is 5.41 Å². The van der Waals surface area contributed by atoms with Crippen LogP contribution in [0.1, 0.15) is 22.3 Å². The van der Waals surface area contributed by atoms with Crippen LogP contribution in [0.4, 0.5) is 11.4 Å². The van der Waals surface area contributed by atoms with Crippen molar-refractivity contribution in [1.82, 2.24) is 0 Å². The smallest absolute Gasteiger partial charge is 0.0760 e. The number of rotatable bonds is 1. The first-order valence-electron chi connectivity index (χ1n) is 11.0. The predicted molar refractivity (Wildman–Crippen MR) is 131 cm³/mol. The number of hydrogen-bond acceptors (Lipinski definition) is 1. The summed E-state index contributed by atoms with van der Waals surface area (Å²) in [6, 6.07) is 44.8. The summed E-state index contributed by atoms with van der Waals surface area (Å²) in [5.41, 5.74) is 12.4. The second kappa shape index (κ2) is 6.45. The van der Waals surface area contributed by atoms with E-state index in [1.807, 2.05) is 12.1 Å². The summed E-state index contributed by atoms with van der Waals surface area (Å²) in [5.74, 6) is 0. The predicted octanol–water partition coefficient (Wildman–Crippen LogP) is 7.57. The van der Waals surface area contributed by atoms with Crippen LogP contribution in [0.5, 0.6) is 0 Å². The third-order valence-electron chi connectivity index (χ3n) is 7.02. The van der Waals surface area contributed by atoms with Gasteiger partial charge in [-0.15, -0.1) is 0 Å². The Hall–Kier alpha value is -4.10. The van der Waals surface area contributed by atoms with E-state index in [9.17, 15) is 0 Å². The molecular formula is C31H20N. The third-order valence-corrected chi connectivity index (χ3v) is 7.02. The van der Waals surface area contributed by atoms with Gasteiger partial charge in [-0.3, -0.25) is 0 Å². The van der Waals surface area contributed by atoms with Crippen molar-refractivity contribution < 1.29 is 0 Å². The van der Waals surface area contributed by atoms with Gasteiger partial charge in [0.25, 0.3) is 0 Å². The fraction of sp³-hybridized carbons (Fsp3) is 0.0323. The summed E-state index contributed by atoms with van der Waals surface area (Å²) < 4.78 is 0. The average molecular weight is 407 g/mol. The van der Waals surface area contributed by atoms with Gasteiger partial charge in [-0.05, 0) is 57.1 Å². The minimum Gasteiger partial charge on any atom is -0.355 e. The van der Waals surface area contributed by atoms with Crippen LogP contribution in [0.25, 0.3) is 22.3 Å². The molecule has 0 aromatic heterocycles. The summed E-state index contributed by atoms with van der Waals surface area (Å²) in [4.78, 5) is 0. The molecule has 1 N–H and O–H groups in total. The Balaban J connectivity index is 1.71. The Morgan fingerprint density at radius 3 is 1.78 bits per heavy atom. The molecule has 2 aliphatic rings. The lowest BCUT2D eigenvalue weighted by Gasteiger charge is -2.41. The molecule has 1 heteroatoms. The second-order valence-electron chi connectivity index (χ2n) is 8.53. The summed E-state index contributed by atoms with van der Waals surface area (Å²) in [6.07, 6.45) is 0. The highest BCUT2D eigenvalue weighted by Crippen LogP contribution is 2.62. The minimum absolute atomic E-state index is 0.374. The van der Waals surface area contributed by atoms with Crippen molar-refractivity contribution in [2.45, 2.75) is 5.41 Å². The standard InChI is InChI=1S/C31H20N/c1-2-11-21(12-3-1)22-15-10-20-29-30(22)31(27-18-8-9-19-28(27)32-29)25-16-6-4-13-23(25)24-14-5-7-17-26(24)31/h2-20,32H. The fourth-order valence-corrected chi connectivity index (χ4v) is 5.86. The van der Waals surface area contributed by atoms with Gasteiger partial charge in [0.15, 0.2) is 0 Å². The fourth-order valence-electron chi connectivity index (χ4n) is 5.86. The largest absolute Gasteiger partial charge is 0.355 e. The van der Waals surface area contributed by atoms with E-state index in [-0.39, 0.29) is 5.41 Å². The zero-order valence-corrected chi connectivity index (χ0v) is 17.5. The Kier molecular flexibility index (Phi) is 3.54. The van der Waals surface area contributed by atoms with Crippen LogP contribution in [-0.4, -0.2) is 0 Å². The third kappa shape index (κ3) is 2.13. The van der Waals surface area contributed by atoms with E-state index < -0.39 is 0 Å². The van der Waals surface area contributed by atoms with Crippen molar-refractivity contribution >= 4 is 11.4 Å². The molecule has 1 heterocycles. The molecule has 0 amide bonds. The van der Waals surface area contributed by atoms with Crippen molar-refractivity contribution in [2.75, 3.05) is 5.32 Å². The van der Waals surface area contributed by atoms with Crippen LogP contribution in [0.3, 0.4) is 0 Å². The molecule has 32 heavy (non-hydrogen) atoms. The van der Waals surface area contributed by atoms with Crippen LogP contribution < -0.4 is 5.32 Å². The van der Waals surface area contributed by atoms with Crippen LogP contribution in [0.15, 0.2) is 115 Å². The Morgan fingerprint density at radius 2 is 1.06 bits per heavy atom. The van der Waals surface area contributed by atoms with Crippen molar-refractivity contribution in [1.29, 1.82) is 0 Å². The minimum atomic E-state index is -0.374. The molecule has 0 bridgehead atoms. The van der Waals surface area contributed by atoms with E-state index in [0.29, 0.717) is 0 Å². The summed E-state index contributed by atoms with van der Waals surface area (Å²) >= 11 is 0. The van der Waals surface area contributed by atoms with Gasteiger partial charge < -0.3 is 5.32 Å². The highest BCUT2D eigenvalue weighted by atomic mass is 14.9. The van der Waals surface area contributed by atoms with Crippen LogP contribution >= 0.6 is 0 Å². The van der Waals surface area contributed by atoms with Crippen LogP contribution in [0, 0.1) is 6.07 Å². The highest BCUT2D eigenvalue weighted by molar-refractivity contribution is 5.95. The lowest BCUT2D eigenvalue weighted by molar-refractivity contribution is 0.765. The molecule has 0 fully saturated rings.